The molecule has 4 heteroatoms. The van der Waals surface area contributed by atoms with Gasteiger partial charge < -0.3 is 14.8 Å². The normalized spacial score (nSPS) is 17.8. The molecule has 0 bridgehead atoms. The molecule has 1 aromatic carbocycles. The first-order valence-corrected chi connectivity index (χ1v) is 8.43. The van der Waals surface area contributed by atoms with Crippen molar-refractivity contribution in [2.45, 2.75) is 38.3 Å². The molecule has 0 unspecified atom stereocenters. The van der Waals surface area contributed by atoms with Crippen molar-refractivity contribution in [1.29, 1.82) is 0 Å². The van der Waals surface area contributed by atoms with Crippen LogP contribution in [0.4, 0.5) is 0 Å². The minimum absolute atomic E-state index is 0.487. The molecular weight excluding hydrogens is 270 g/mol. The topological polar surface area (TPSA) is 30.5 Å². The predicted molar refractivity (Wildman–Crippen MR) is 86.2 cm³/mol. The van der Waals surface area contributed by atoms with E-state index in [9.17, 15) is 0 Å². The Hall–Kier alpha value is -0.870. The van der Waals surface area contributed by atoms with Gasteiger partial charge in [-0.25, -0.2) is 0 Å². The third-order valence-corrected chi connectivity index (χ3v) is 4.78. The minimum Gasteiger partial charge on any atom is -0.493 e. The van der Waals surface area contributed by atoms with E-state index in [1.807, 2.05) is 6.07 Å². The molecule has 1 atom stereocenters. The number of rotatable bonds is 6. The van der Waals surface area contributed by atoms with Gasteiger partial charge in [-0.15, -0.1) is 0 Å². The van der Waals surface area contributed by atoms with Crippen LogP contribution < -0.4 is 14.8 Å². The predicted octanol–water partition coefficient (Wildman–Crippen LogP) is 3.12. The lowest BCUT2D eigenvalue weighted by Gasteiger charge is -2.26. The van der Waals surface area contributed by atoms with Crippen LogP contribution in [-0.4, -0.2) is 37.8 Å². The van der Waals surface area contributed by atoms with Crippen molar-refractivity contribution in [1.82, 2.24) is 5.32 Å². The van der Waals surface area contributed by atoms with Crippen LogP contribution in [0.5, 0.6) is 11.5 Å². The Morgan fingerprint density at radius 3 is 2.55 bits per heavy atom. The first-order valence-electron chi connectivity index (χ1n) is 7.27. The number of methoxy groups -OCH3 is 2. The van der Waals surface area contributed by atoms with Gasteiger partial charge in [0.2, 0.25) is 0 Å². The summed E-state index contributed by atoms with van der Waals surface area (Å²) in [7, 11) is 3.35. The van der Waals surface area contributed by atoms with Gasteiger partial charge in [-0.05, 0) is 55.4 Å². The van der Waals surface area contributed by atoms with Gasteiger partial charge in [-0.2, -0.15) is 11.8 Å². The second-order valence-corrected chi connectivity index (χ2v) is 6.57. The summed E-state index contributed by atoms with van der Waals surface area (Å²) >= 11 is 2.07. The lowest BCUT2D eigenvalue weighted by molar-refractivity contribution is 0.354. The standard InChI is InChI=1S/C16H25NO2S/c1-12(17-14-6-8-20-9-7-14)10-13-4-5-15(18-2)16(11-13)19-3/h4-5,11-12,14,17H,6-10H2,1-3H3/t12-/m0/s1. The van der Waals surface area contributed by atoms with E-state index in [1.54, 1.807) is 14.2 Å². The molecule has 0 spiro atoms. The molecule has 3 nitrogen and oxygen atoms in total. The van der Waals surface area contributed by atoms with E-state index in [-0.39, 0.29) is 0 Å². The Morgan fingerprint density at radius 1 is 1.20 bits per heavy atom. The van der Waals surface area contributed by atoms with Crippen LogP contribution in [-0.2, 0) is 6.42 Å². The number of benzene rings is 1. The SMILES string of the molecule is COc1ccc(C[C@H](C)NC2CCSCC2)cc1OC. The zero-order chi connectivity index (χ0) is 14.4. The average Bonchev–Trinajstić information content (AvgIpc) is 2.48. The summed E-state index contributed by atoms with van der Waals surface area (Å²) in [5.74, 6) is 4.19. The van der Waals surface area contributed by atoms with Crippen molar-refractivity contribution < 1.29 is 9.47 Å². The molecule has 1 N–H and O–H groups in total. The zero-order valence-corrected chi connectivity index (χ0v) is 13.5. The number of hydrogen-bond acceptors (Lipinski definition) is 4. The first-order chi connectivity index (χ1) is 9.72. The summed E-state index contributed by atoms with van der Waals surface area (Å²) in [5, 5.41) is 3.75. The van der Waals surface area contributed by atoms with Crippen molar-refractivity contribution in [3.05, 3.63) is 23.8 Å². The van der Waals surface area contributed by atoms with Crippen LogP contribution in [0.1, 0.15) is 25.3 Å². The minimum atomic E-state index is 0.487. The van der Waals surface area contributed by atoms with E-state index in [4.69, 9.17) is 9.47 Å². The molecule has 1 saturated heterocycles. The van der Waals surface area contributed by atoms with Gasteiger partial charge in [0.15, 0.2) is 11.5 Å². The van der Waals surface area contributed by atoms with E-state index < -0.39 is 0 Å². The van der Waals surface area contributed by atoms with E-state index in [2.05, 4.69) is 36.1 Å². The Labute approximate surface area is 126 Å². The molecule has 1 heterocycles. The largest absolute Gasteiger partial charge is 0.493 e. The van der Waals surface area contributed by atoms with Gasteiger partial charge in [0, 0.05) is 12.1 Å². The van der Waals surface area contributed by atoms with Crippen molar-refractivity contribution in [3.8, 4) is 11.5 Å². The van der Waals surface area contributed by atoms with Gasteiger partial charge in [0.05, 0.1) is 14.2 Å². The fourth-order valence-corrected chi connectivity index (χ4v) is 3.79. The Kier molecular flexibility index (Phi) is 6.05. The van der Waals surface area contributed by atoms with Crippen LogP contribution in [0.3, 0.4) is 0 Å². The zero-order valence-electron chi connectivity index (χ0n) is 12.6. The highest BCUT2D eigenvalue weighted by molar-refractivity contribution is 7.99. The lowest BCUT2D eigenvalue weighted by atomic mass is 10.0. The molecule has 112 valence electrons. The third-order valence-electron chi connectivity index (χ3n) is 3.73. The molecule has 1 aromatic rings. The van der Waals surface area contributed by atoms with Crippen molar-refractivity contribution in [2.75, 3.05) is 25.7 Å². The highest BCUT2D eigenvalue weighted by Crippen LogP contribution is 2.28. The average molecular weight is 295 g/mol. The van der Waals surface area contributed by atoms with Gasteiger partial charge in [0.25, 0.3) is 0 Å². The molecule has 1 aliphatic rings. The Balaban J connectivity index is 1.91. The van der Waals surface area contributed by atoms with Crippen molar-refractivity contribution in [3.63, 3.8) is 0 Å². The van der Waals surface area contributed by atoms with Crippen molar-refractivity contribution >= 4 is 11.8 Å². The number of hydrogen-bond donors (Lipinski definition) is 1. The molecule has 1 fully saturated rings. The number of ether oxygens (including phenoxy) is 2. The van der Waals surface area contributed by atoms with E-state index in [1.165, 1.54) is 29.9 Å². The molecule has 2 rings (SSSR count). The first kappa shape index (κ1) is 15.5. The van der Waals surface area contributed by atoms with E-state index in [0.29, 0.717) is 12.1 Å². The molecule has 20 heavy (non-hydrogen) atoms. The van der Waals surface area contributed by atoms with Crippen LogP contribution in [0.25, 0.3) is 0 Å². The second kappa shape index (κ2) is 7.79. The quantitative estimate of drug-likeness (QED) is 0.873. The van der Waals surface area contributed by atoms with E-state index in [0.717, 1.165) is 17.9 Å². The maximum absolute atomic E-state index is 5.36. The van der Waals surface area contributed by atoms with Gasteiger partial charge in [-0.1, -0.05) is 6.07 Å². The summed E-state index contributed by atoms with van der Waals surface area (Å²) < 4.78 is 10.6. The number of nitrogens with one attached hydrogen (secondary N) is 1. The molecule has 0 aromatic heterocycles. The molecule has 0 saturated carbocycles. The Morgan fingerprint density at radius 2 is 1.90 bits per heavy atom. The van der Waals surface area contributed by atoms with Crippen LogP contribution in [0, 0.1) is 0 Å². The molecule has 0 radical (unpaired) electrons. The lowest BCUT2D eigenvalue weighted by Crippen LogP contribution is -2.39. The van der Waals surface area contributed by atoms with Gasteiger partial charge in [0.1, 0.15) is 0 Å². The molecular formula is C16H25NO2S. The summed E-state index contributed by atoms with van der Waals surface area (Å²) in [4.78, 5) is 0. The maximum Gasteiger partial charge on any atom is 0.160 e. The highest BCUT2D eigenvalue weighted by Gasteiger charge is 2.16. The monoisotopic (exact) mass is 295 g/mol. The fourth-order valence-electron chi connectivity index (χ4n) is 2.69. The summed E-state index contributed by atoms with van der Waals surface area (Å²) in [5.41, 5.74) is 1.29. The van der Waals surface area contributed by atoms with Crippen LogP contribution in [0.2, 0.25) is 0 Å². The van der Waals surface area contributed by atoms with Crippen LogP contribution in [0.15, 0.2) is 18.2 Å². The van der Waals surface area contributed by atoms with Gasteiger partial charge in [-0.3, -0.25) is 0 Å². The maximum atomic E-state index is 5.36. The highest BCUT2D eigenvalue weighted by atomic mass is 32.2. The Bertz CT molecular complexity index is 419. The molecule has 1 aliphatic heterocycles. The van der Waals surface area contributed by atoms with Crippen LogP contribution >= 0.6 is 11.8 Å². The second-order valence-electron chi connectivity index (χ2n) is 5.35. The van der Waals surface area contributed by atoms with Gasteiger partial charge >= 0.3 is 0 Å². The smallest absolute Gasteiger partial charge is 0.160 e. The van der Waals surface area contributed by atoms with E-state index >= 15 is 0 Å². The summed E-state index contributed by atoms with van der Waals surface area (Å²) in [6.45, 7) is 2.26. The summed E-state index contributed by atoms with van der Waals surface area (Å²) in [6, 6.07) is 7.36. The fraction of sp³-hybridized carbons (Fsp3) is 0.625. The molecule has 0 aliphatic carbocycles. The summed E-state index contributed by atoms with van der Waals surface area (Å²) in [6.07, 6.45) is 3.60. The number of thioether (sulfide) groups is 1. The third kappa shape index (κ3) is 4.32. The van der Waals surface area contributed by atoms with Crippen molar-refractivity contribution in [2.24, 2.45) is 0 Å². The molecule has 0 amide bonds.